The molecule has 10 heteroatoms. The van der Waals surface area contributed by atoms with Crippen LogP contribution >= 0.6 is 0 Å². The molecule has 22 heavy (non-hydrogen) atoms. The van der Waals surface area contributed by atoms with Gasteiger partial charge in [0.25, 0.3) is 0 Å². The van der Waals surface area contributed by atoms with Gasteiger partial charge in [0, 0.05) is 38.1 Å². The van der Waals surface area contributed by atoms with Gasteiger partial charge in [0.1, 0.15) is 0 Å². The minimum atomic E-state index is -0.636. The molecule has 0 aliphatic carbocycles. The lowest BCUT2D eigenvalue weighted by atomic mass is 10.3. The third-order valence-electron chi connectivity index (χ3n) is 1.85. The lowest BCUT2D eigenvalue weighted by Gasteiger charge is -2.20. The zero-order valence-corrected chi connectivity index (χ0v) is 13.0. The average molecular weight is 320 g/mol. The van der Waals surface area contributed by atoms with Crippen molar-refractivity contribution in [3.63, 3.8) is 0 Å². The van der Waals surface area contributed by atoms with Gasteiger partial charge in [-0.1, -0.05) is 0 Å². The van der Waals surface area contributed by atoms with E-state index in [4.69, 9.17) is 0 Å². The minimum absolute atomic E-state index is 0.104. The highest BCUT2D eigenvalue weighted by Crippen LogP contribution is 2.03. The Labute approximate surface area is 127 Å². The van der Waals surface area contributed by atoms with Crippen molar-refractivity contribution in [3.05, 3.63) is 0 Å². The van der Waals surface area contributed by atoms with E-state index in [9.17, 15) is 19.2 Å². The summed E-state index contributed by atoms with van der Waals surface area (Å²) in [5.41, 5.74) is 0. The van der Waals surface area contributed by atoms with E-state index >= 15 is 0 Å². The first-order chi connectivity index (χ1) is 10.2. The number of hydrogen-bond donors (Lipinski definition) is 0. The van der Waals surface area contributed by atoms with E-state index in [1.54, 1.807) is 0 Å². The molecule has 0 N–H and O–H groups in total. The Bertz CT molecular complexity index is 342. The summed E-state index contributed by atoms with van der Waals surface area (Å²) < 4.78 is 0. The third-order valence-corrected chi connectivity index (χ3v) is 1.85. The zero-order chi connectivity index (χ0) is 17.1. The molecule has 0 radical (unpaired) electrons. The molecule has 0 bridgehead atoms. The number of hydrogen-bond acceptors (Lipinski definition) is 10. The molecule has 0 saturated carbocycles. The van der Waals surface area contributed by atoms with Crippen LogP contribution < -0.4 is 0 Å². The first-order valence-electron chi connectivity index (χ1n) is 6.50. The first kappa shape index (κ1) is 19.8. The zero-order valence-electron chi connectivity index (χ0n) is 13.0. The highest BCUT2D eigenvalue weighted by Gasteiger charge is 2.15. The maximum absolute atomic E-state index is 10.8. The van der Waals surface area contributed by atoms with Crippen LogP contribution in [0.15, 0.2) is 0 Å². The van der Waals surface area contributed by atoms with Crippen molar-refractivity contribution in [2.75, 3.05) is 13.1 Å². The van der Waals surface area contributed by atoms with Gasteiger partial charge in [-0.3, -0.25) is 19.2 Å². The summed E-state index contributed by atoms with van der Waals surface area (Å²) in [5, 5.41) is 1.51. The standard InChI is InChI=1S/C12H20N2O8/c1-9(15)19-13(20-10(2)16)7-5-6-8-14(21-11(3)17)22-12(4)18/h5-8H2,1-4H3. The molecule has 0 spiro atoms. The molecule has 0 aromatic rings. The van der Waals surface area contributed by atoms with Crippen LogP contribution in [0.2, 0.25) is 0 Å². The van der Waals surface area contributed by atoms with Crippen molar-refractivity contribution < 1.29 is 38.5 Å². The molecule has 0 saturated heterocycles. The first-order valence-corrected chi connectivity index (χ1v) is 6.50. The smallest absolute Gasteiger partial charge is 0.326 e. The van der Waals surface area contributed by atoms with Crippen LogP contribution in [0, 0.1) is 0 Å². The van der Waals surface area contributed by atoms with Crippen molar-refractivity contribution in [3.8, 4) is 0 Å². The molecule has 0 aromatic carbocycles. The van der Waals surface area contributed by atoms with Crippen molar-refractivity contribution in [1.82, 2.24) is 10.5 Å². The Morgan fingerprint density at radius 1 is 0.591 bits per heavy atom. The van der Waals surface area contributed by atoms with Gasteiger partial charge < -0.3 is 19.4 Å². The molecule has 0 aliphatic heterocycles. The predicted octanol–water partition coefficient (Wildman–Crippen LogP) is 0.283. The van der Waals surface area contributed by atoms with Gasteiger partial charge in [-0.2, -0.15) is 0 Å². The highest BCUT2D eigenvalue weighted by molar-refractivity contribution is 5.67. The third kappa shape index (κ3) is 11.6. The van der Waals surface area contributed by atoms with E-state index in [1.165, 1.54) is 27.7 Å². The monoisotopic (exact) mass is 320 g/mol. The van der Waals surface area contributed by atoms with Crippen LogP contribution in [-0.4, -0.2) is 47.4 Å². The SMILES string of the molecule is CC(=O)ON(CCCCN(OC(C)=O)OC(C)=O)OC(C)=O. The van der Waals surface area contributed by atoms with Gasteiger partial charge in [-0.15, -0.1) is 0 Å². The summed E-state index contributed by atoms with van der Waals surface area (Å²) >= 11 is 0. The molecule has 126 valence electrons. The fourth-order valence-corrected chi connectivity index (χ4v) is 1.28. The van der Waals surface area contributed by atoms with Crippen LogP contribution in [0.1, 0.15) is 40.5 Å². The van der Waals surface area contributed by atoms with Crippen LogP contribution in [-0.2, 0) is 38.5 Å². The molecular formula is C12H20N2O8. The van der Waals surface area contributed by atoms with E-state index in [-0.39, 0.29) is 13.1 Å². The molecule has 0 amide bonds. The topological polar surface area (TPSA) is 112 Å². The van der Waals surface area contributed by atoms with Crippen molar-refractivity contribution in [1.29, 1.82) is 0 Å². The summed E-state index contributed by atoms with van der Waals surface area (Å²) in [7, 11) is 0. The van der Waals surface area contributed by atoms with E-state index in [2.05, 4.69) is 19.4 Å². The Kier molecular flexibility index (Phi) is 9.46. The minimum Gasteiger partial charge on any atom is -0.333 e. The Balaban J connectivity index is 4.20. The molecule has 10 nitrogen and oxygen atoms in total. The van der Waals surface area contributed by atoms with E-state index in [1.807, 2.05) is 0 Å². The summed E-state index contributed by atoms with van der Waals surface area (Å²) in [5.74, 6) is -2.55. The Morgan fingerprint density at radius 2 is 0.818 bits per heavy atom. The Morgan fingerprint density at radius 3 is 1.00 bits per heavy atom. The molecule has 0 rings (SSSR count). The molecule has 0 unspecified atom stereocenters. The van der Waals surface area contributed by atoms with Crippen LogP contribution in [0.5, 0.6) is 0 Å². The van der Waals surface area contributed by atoms with E-state index in [0.717, 1.165) is 10.5 Å². The predicted molar refractivity (Wildman–Crippen MR) is 69.7 cm³/mol. The van der Waals surface area contributed by atoms with Crippen LogP contribution in [0.3, 0.4) is 0 Å². The Hall–Kier alpha value is -2.20. The van der Waals surface area contributed by atoms with Crippen molar-refractivity contribution in [2.45, 2.75) is 40.5 Å². The highest BCUT2D eigenvalue weighted by atomic mass is 17.0. The van der Waals surface area contributed by atoms with Gasteiger partial charge >= 0.3 is 23.9 Å². The second kappa shape index (κ2) is 10.5. The normalized spacial score (nSPS) is 10.3. The average Bonchev–Trinajstić information content (AvgIpc) is 2.31. The van der Waals surface area contributed by atoms with Gasteiger partial charge in [-0.25, -0.2) is 0 Å². The lowest BCUT2D eigenvalue weighted by molar-refractivity contribution is -0.329. The second-order valence-electron chi connectivity index (χ2n) is 4.15. The summed E-state index contributed by atoms with van der Waals surface area (Å²) in [6.07, 6.45) is 0.805. The number of unbranched alkanes of at least 4 members (excludes halogenated alkanes) is 1. The fourth-order valence-electron chi connectivity index (χ4n) is 1.28. The molecule has 0 aliphatic rings. The van der Waals surface area contributed by atoms with Gasteiger partial charge in [-0.05, 0) is 12.8 Å². The number of nitrogens with zero attached hydrogens (tertiary/aromatic N) is 2. The molecule has 0 fully saturated rings. The fraction of sp³-hybridized carbons (Fsp3) is 0.667. The van der Waals surface area contributed by atoms with Crippen molar-refractivity contribution in [2.24, 2.45) is 0 Å². The van der Waals surface area contributed by atoms with Gasteiger partial charge in [0.2, 0.25) is 0 Å². The quantitative estimate of drug-likeness (QED) is 0.434. The number of carbonyl (C=O) groups excluding carboxylic acids is 4. The molecule has 0 atom stereocenters. The number of rotatable bonds is 9. The second-order valence-corrected chi connectivity index (χ2v) is 4.15. The molecule has 0 aromatic heterocycles. The lowest BCUT2D eigenvalue weighted by Crippen LogP contribution is -2.32. The van der Waals surface area contributed by atoms with Gasteiger partial charge in [0.05, 0.1) is 13.1 Å². The molecule has 0 heterocycles. The van der Waals surface area contributed by atoms with Crippen molar-refractivity contribution >= 4 is 23.9 Å². The number of carbonyl (C=O) groups is 4. The largest absolute Gasteiger partial charge is 0.333 e. The van der Waals surface area contributed by atoms with Gasteiger partial charge in [0.15, 0.2) is 0 Å². The van der Waals surface area contributed by atoms with Crippen LogP contribution in [0.4, 0.5) is 0 Å². The van der Waals surface area contributed by atoms with E-state index in [0.29, 0.717) is 12.8 Å². The van der Waals surface area contributed by atoms with E-state index < -0.39 is 23.9 Å². The summed E-state index contributed by atoms with van der Waals surface area (Å²) in [4.78, 5) is 62.0. The summed E-state index contributed by atoms with van der Waals surface area (Å²) in [6.45, 7) is 4.87. The summed E-state index contributed by atoms with van der Waals surface area (Å²) in [6, 6.07) is 0. The molecular weight excluding hydrogens is 300 g/mol. The van der Waals surface area contributed by atoms with Crippen LogP contribution in [0.25, 0.3) is 0 Å². The number of hydroxylamine groups is 4. The maximum atomic E-state index is 10.8. The maximum Gasteiger partial charge on any atom is 0.326 e.